The number of furan rings is 1. The summed E-state index contributed by atoms with van der Waals surface area (Å²) in [6.45, 7) is 0. The zero-order valence-corrected chi connectivity index (χ0v) is 31.2. The number of hydrogen-bond donors (Lipinski definition) is 0. The molecule has 58 heavy (non-hydrogen) atoms. The van der Waals surface area contributed by atoms with Crippen molar-refractivity contribution >= 4 is 65.3 Å². The first-order valence-electron chi connectivity index (χ1n) is 19.5. The van der Waals surface area contributed by atoms with Gasteiger partial charge in [-0.25, -0.2) is 15.0 Å². The predicted molar refractivity (Wildman–Crippen MR) is 238 cm³/mol. The molecule has 0 atom stereocenters. The fourth-order valence-electron chi connectivity index (χ4n) is 8.77. The Morgan fingerprint density at radius 2 is 0.948 bits per heavy atom. The van der Waals surface area contributed by atoms with Crippen LogP contribution in [0.15, 0.2) is 199 Å². The Hall–Kier alpha value is -7.89. The lowest BCUT2D eigenvalue weighted by molar-refractivity contribution is 0.668. The minimum atomic E-state index is 0.632. The van der Waals surface area contributed by atoms with Crippen molar-refractivity contribution in [2.24, 2.45) is 0 Å². The first-order valence-corrected chi connectivity index (χ1v) is 19.5. The molecule has 9 aromatic carbocycles. The van der Waals surface area contributed by atoms with Crippen molar-refractivity contribution in [3.63, 3.8) is 0 Å². The third-order valence-electron chi connectivity index (χ3n) is 11.4. The van der Waals surface area contributed by atoms with Gasteiger partial charge in [-0.1, -0.05) is 146 Å². The molecule has 0 bridgehead atoms. The quantitative estimate of drug-likeness (QED) is 0.176. The van der Waals surface area contributed by atoms with Crippen LogP contribution in [0.5, 0.6) is 0 Å². The van der Waals surface area contributed by atoms with E-state index >= 15 is 0 Å². The van der Waals surface area contributed by atoms with Gasteiger partial charge < -0.3 is 8.98 Å². The molecule has 5 heteroatoms. The molecule has 0 N–H and O–H groups in total. The van der Waals surface area contributed by atoms with Crippen LogP contribution in [0, 0.1) is 0 Å². The lowest BCUT2D eigenvalue weighted by Crippen LogP contribution is -2.00. The van der Waals surface area contributed by atoms with Gasteiger partial charge in [-0.05, 0) is 75.1 Å². The summed E-state index contributed by atoms with van der Waals surface area (Å²) < 4.78 is 9.09. The van der Waals surface area contributed by atoms with Gasteiger partial charge in [0, 0.05) is 50.0 Å². The maximum atomic E-state index is 6.72. The highest BCUT2D eigenvalue weighted by atomic mass is 16.3. The van der Waals surface area contributed by atoms with Gasteiger partial charge in [-0.15, -0.1) is 0 Å². The van der Waals surface area contributed by atoms with Gasteiger partial charge >= 0.3 is 0 Å². The zero-order valence-electron chi connectivity index (χ0n) is 31.2. The molecule has 0 aliphatic carbocycles. The number of nitrogens with zero attached hydrogens (tertiary/aromatic N) is 4. The summed E-state index contributed by atoms with van der Waals surface area (Å²) in [6, 6.07) is 68.0. The first-order chi connectivity index (χ1) is 28.7. The van der Waals surface area contributed by atoms with Crippen LogP contribution in [-0.4, -0.2) is 19.5 Å². The number of para-hydroxylation sites is 1. The van der Waals surface area contributed by atoms with E-state index in [-0.39, 0.29) is 0 Å². The van der Waals surface area contributed by atoms with Crippen molar-refractivity contribution in [1.29, 1.82) is 0 Å². The topological polar surface area (TPSA) is 56.7 Å². The van der Waals surface area contributed by atoms with Crippen molar-refractivity contribution in [1.82, 2.24) is 19.5 Å². The molecule has 0 radical (unpaired) electrons. The van der Waals surface area contributed by atoms with Crippen LogP contribution in [0.25, 0.3) is 116 Å². The largest absolute Gasteiger partial charge is 0.456 e. The number of benzene rings is 9. The predicted octanol–water partition coefficient (Wildman–Crippen LogP) is 13.8. The first kappa shape index (κ1) is 32.4. The maximum Gasteiger partial charge on any atom is 0.164 e. The number of hydrogen-bond acceptors (Lipinski definition) is 4. The molecule has 0 amide bonds. The van der Waals surface area contributed by atoms with Crippen molar-refractivity contribution < 1.29 is 4.42 Å². The van der Waals surface area contributed by atoms with Crippen molar-refractivity contribution in [2.45, 2.75) is 0 Å². The molecule has 12 rings (SSSR count). The lowest BCUT2D eigenvalue weighted by Gasteiger charge is -2.13. The molecule has 3 aromatic heterocycles. The summed E-state index contributed by atoms with van der Waals surface area (Å²) in [6.07, 6.45) is 0. The minimum Gasteiger partial charge on any atom is -0.456 e. The van der Waals surface area contributed by atoms with E-state index in [0.717, 1.165) is 66.2 Å². The van der Waals surface area contributed by atoms with Gasteiger partial charge in [0.15, 0.2) is 17.5 Å². The Kier molecular flexibility index (Phi) is 7.16. The highest BCUT2D eigenvalue weighted by molar-refractivity contribution is 6.17. The van der Waals surface area contributed by atoms with E-state index in [1.165, 1.54) is 32.6 Å². The monoisotopic (exact) mass is 740 g/mol. The van der Waals surface area contributed by atoms with Crippen LogP contribution < -0.4 is 0 Å². The summed E-state index contributed by atoms with van der Waals surface area (Å²) in [5.74, 6) is 1.91. The molecule has 0 spiro atoms. The van der Waals surface area contributed by atoms with E-state index < -0.39 is 0 Å². The van der Waals surface area contributed by atoms with E-state index in [9.17, 15) is 0 Å². The second-order valence-electron chi connectivity index (χ2n) is 14.8. The molecular formula is C53H32N4O. The maximum absolute atomic E-state index is 6.72. The SMILES string of the molecule is c1ccc(-c2nc(-c3ccccc3)nc(-c3ccc(-c4cccc5oc6cc(-n7c8ccccc8c8cc9ccccc9cc87)ccc6c45)c4ccccc34)n2)cc1. The van der Waals surface area contributed by atoms with Crippen LogP contribution >= 0.6 is 0 Å². The molecule has 3 heterocycles. The van der Waals surface area contributed by atoms with Crippen molar-refractivity contribution in [3.8, 4) is 51.0 Å². The summed E-state index contributed by atoms with van der Waals surface area (Å²) in [7, 11) is 0. The Balaban J connectivity index is 1.03. The molecule has 0 saturated carbocycles. The molecule has 0 saturated heterocycles. The minimum absolute atomic E-state index is 0.632. The summed E-state index contributed by atoms with van der Waals surface area (Å²) >= 11 is 0. The van der Waals surface area contributed by atoms with Gasteiger partial charge in [0.25, 0.3) is 0 Å². The number of fused-ring (bicyclic) bond motifs is 8. The Labute approximate surface area is 333 Å². The van der Waals surface area contributed by atoms with Gasteiger partial charge in [-0.3, -0.25) is 0 Å². The molecule has 5 nitrogen and oxygen atoms in total. The molecule has 0 aliphatic heterocycles. The fourth-order valence-corrected chi connectivity index (χ4v) is 8.77. The molecular weight excluding hydrogens is 709 g/mol. The van der Waals surface area contributed by atoms with Gasteiger partial charge in [-0.2, -0.15) is 0 Å². The highest BCUT2D eigenvalue weighted by Crippen LogP contribution is 2.43. The van der Waals surface area contributed by atoms with E-state index in [2.05, 4.69) is 138 Å². The Bertz CT molecular complexity index is 3510. The zero-order chi connectivity index (χ0) is 38.2. The van der Waals surface area contributed by atoms with Crippen LogP contribution in [-0.2, 0) is 0 Å². The summed E-state index contributed by atoms with van der Waals surface area (Å²) in [5, 5.41) is 9.27. The van der Waals surface area contributed by atoms with Crippen molar-refractivity contribution in [2.75, 3.05) is 0 Å². The molecule has 0 unspecified atom stereocenters. The third-order valence-corrected chi connectivity index (χ3v) is 11.4. The standard InChI is InChI=1S/C53H32N4O/c1-3-14-33(15-4-1)51-54-52(34-16-5-2-6-17-34)56-53(55-51)43-29-28-40(38-20-9-10-21-39(38)43)42-23-13-25-48-50(42)44-27-26-37(32-49(44)58-48)57-46-24-12-11-22-41(46)45-30-35-18-7-8-19-36(35)31-47(45)57/h1-32H. The summed E-state index contributed by atoms with van der Waals surface area (Å²) in [4.78, 5) is 15.1. The average molecular weight is 741 g/mol. The van der Waals surface area contributed by atoms with Gasteiger partial charge in [0.1, 0.15) is 11.2 Å². The molecule has 270 valence electrons. The van der Waals surface area contributed by atoms with Crippen LogP contribution in [0.2, 0.25) is 0 Å². The average Bonchev–Trinajstić information content (AvgIpc) is 3.83. The van der Waals surface area contributed by atoms with E-state index in [1.54, 1.807) is 0 Å². The third kappa shape index (κ3) is 5.07. The van der Waals surface area contributed by atoms with E-state index in [0.29, 0.717) is 17.5 Å². The van der Waals surface area contributed by atoms with E-state index in [1.807, 2.05) is 60.7 Å². The lowest BCUT2D eigenvalue weighted by atomic mass is 9.92. The van der Waals surface area contributed by atoms with Crippen LogP contribution in [0.1, 0.15) is 0 Å². The van der Waals surface area contributed by atoms with Crippen molar-refractivity contribution in [3.05, 3.63) is 194 Å². The second-order valence-corrected chi connectivity index (χ2v) is 14.8. The van der Waals surface area contributed by atoms with Crippen LogP contribution in [0.4, 0.5) is 0 Å². The number of rotatable bonds is 5. The Morgan fingerprint density at radius 3 is 1.69 bits per heavy atom. The normalized spacial score (nSPS) is 11.8. The van der Waals surface area contributed by atoms with Gasteiger partial charge in [0.2, 0.25) is 0 Å². The smallest absolute Gasteiger partial charge is 0.164 e. The van der Waals surface area contributed by atoms with E-state index in [4.69, 9.17) is 19.4 Å². The highest BCUT2D eigenvalue weighted by Gasteiger charge is 2.20. The fraction of sp³-hybridized carbons (Fsp3) is 0. The van der Waals surface area contributed by atoms with Gasteiger partial charge in [0.05, 0.1) is 11.0 Å². The second kappa shape index (κ2) is 12.8. The molecule has 12 aromatic rings. The number of aromatic nitrogens is 4. The Morgan fingerprint density at radius 1 is 0.345 bits per heavy atom. The molecule has 0 aliphatic rings. The van der Waals surface area contributed by atoms with Crippen LogP contribution in [0.3, 0.4) is 0 Å². The summed E-state index contributed by atoms with van der Waals surface area (Å²) in [5.41, 5.74) is 10.2. The molecule has 0 fully saturated rings.